The Hall–Kier alpha value is -2.31. The number of nitrogens with zero attached hydrogens (tertiary/aromatic N) is 1. The third-order valence-corrected chi connectivity index (χ3v) is 3.34. The molecule has 0 heterocycles. The quantitative estimate of drug-likeness (QED) is 0.490. The molecule has 2 rings (SSSR count). The van der Waals surface area contributed by atoms with Crippen molar-refractivity contribution >= 4 is 40.8 Å². The van der Waals surface area contributed by atoms with E-state index in [-0.39, 0.29) is 0 Å². The molecule has 0 radical (unpaired) electrons. The maximum atomic E-state index is 5.82. The predicted octanol–water partition coefficient (Wildman–Crippen LogP) is 3.68. The number of anilines is 1. The highest BCUT2D eigenvalue weighted by Crippen LogP contribution is 2.29. The zero-order chi connectivity index (χ0) is 16.7. The Labute approximate surface area is 145 Å². The molecule has 0 aliphatic carbocycles. The lowest BCUT2D eigenvalue weighted by Gasteiger charge is -2.11. The molecule has 0 unspecified atom stereocenters. The summed E-state index contributed by atoms with van der Waals surface area (Å²) in [6.07, 6.45) is 1.65. The van der Waals surface area contributed by atoms with Crippen molar-refractivity contribution in [2.24, 2.45) is 5.10 Å². The number of nitrogens with one attached hydrogen (secondary N) is 2. The Morgan fingerprint density at radius 1 is 1.09 bits per heavy atom. The van der Waals surface area contributed by atoms with Crippen LogP contribution in [0.3, 0.4) is 0 Å². The van der Waals surface area contributed by atoms with Gasteiger partial charge in [0.2, 0.25) is 0 Å². The van der Waals surface area contributed by atoms with E-state index in [1.165, 1.54) is 0 Å². The van der Waals surface area contributed by atoms with Gasteiger partial charge < -0.3 is 14.8 Å². The number of hydrogen-bond donors (Lipinski definition) is 2. The van der Waals surface area contributed by atoms with Gasteiger partial charge in [-0.15, -0.1) is 0 Å². The van der Waals surface area contributed by atoms with E-state index < -0.39 is 0 Å². The average Bonchev–Trinajstić information content (AvgIpc) is 2.56. The lowest BCUT2D eigenvalue weighted by molar-refractivity contribution is 0.355. The molecule has 120 valence electrons. The number of halogens is 1. The highest BCUT2D eigenvalue weighted by atomic mass is 35.5. The van der Waals surface area contributed by atoms with Crippen molar-refractivity contribution in [3.63, 3.8) is 0 Å². The van der Waals surface area contributed by atoms with Crippen molar-refractivity contribution in [2.75, 3.05) is 19.5 Å². The van der Waals surface area contributed by atoms with Gasteiger partial charge >= 0.3 is 0 Å². The lowest BCUT2D eigenvalue weighted by atomic mass is 10.2. The second-order valence-corrected chi connectivity index (χ2v) is 5.29. The van der Waals surface area contributed by atoms with Crippen molar-refractivity contribution < 1.29 is 9.47 Å². The molecule has 0 spiro atoms. The Balaban J connectivity index is 1.93. The summed E-state index contributed by atoms with van der Waals surface area (Å²) < 4.78 is 10.4. The van der Waals surface area contributed by atoms with Gasteiger partial charge in [0.05, 0.1) is 20.4 Å². The molecule has 2 N–H and O–H groups in total. The van der Waals surface area contributed by atoms with Gasteiger partial charge in [0.1, 0.15) is 0 Å². The van der Waals surface area contributed by atoms with E-state index in [9.17, 15) is 0 Å². The van der Waals surface area contributed by atoms with Gasteiger partial charge in [-0.05, 0) is 42.0 Å². The summed E-state index contributed by atoms with van der Waals surface area (Å²) in [6.45, 7) is 0. The maximum absolute atomic E-state index is 5.82. The van der Waals surface area contributed by atoms with Crippen LogP contribution in [0.15, 0.2) is 47.6 Å². The minimum atomic E-state index is 0.363. The maximum Gasteiger partial charge on any atom is 0.191 e. The number of ether oxygens (including phenoxy) is 2. The zero-order valence-corrected chi connectivity index (χ0v) is 14.2. The van der Waals surface area contributed by atoms with Crippen LogP contribution in [0.1, 0.15) is 5.56 Å². The highest BCUT2D eigenvalue weighted by molar-refractivity contribution is 7.80. The topological polar surface area (TPSA) is 54.9 Å². The fourth-order valence-electron chi connectivity index (χ4n) is 1.79. The van der Waals surface area contributed by atoms with Crippen LogP contribution >= 0.6 is 23.8 Å². The summed E-state index contributed by atoms with van der Waals surface area (Å²) in [4.78, 5) is 0. The van der Waals surface area contributed by atoms with Crippen molar-refractivity contribution in [1.29, 1.82) is 0 Å². The van der Waals surface area contributed by atoms with E-state index in [2.05, 4.69) is 15.8 Å². The van der Waals surface area contributed by atoms with Gasteiger partial charge in [0.25, 0.3) is 0 Å². The minimum Gasteiger partial charge on any atom is -0.493 e. The zero-order valence-electron chi connectivity index (χ0n) is 12.7. The van der Waals surface area contributed by atoms with Gasteiger partial charge in [0, 0.05) is 16.8 Å². The first-order chi connectivity index (χ1) is 11.1. The van der Waals surface area contributed by atoms with Crippen molar-refractivity contribution in [1.82, 2.24) is 5.43 Å². The van der Waals surface area contributed by atoms with Crippen LogP contribution in [0.4, 0.5) is 5.69 Å². The first-order valence-corrected chi connectivity index (χ1v) is 7.48. The summed E-state index contributed by atoms with van der Waals surface area (Å²) in [5.41, 5.74) is 4.42. The van der Waals surface area contributed by atoms with E-state index >= 15 is 0 Å². The van der Waals surface area contributed by atoms with E-state index in [0.717, 1.165) is 11.3 Å². The van der Waals surface area contributed by atoms with Crippen LogP contribution in [0.2, 0.25) is 5.02 Å². The molecule has 0 aliphatic rings. The molecule has 0 saturated heterocycles. The normalized spacial score (nSPS) is 10.4. The lowest BCUT2D eigenvalue weighted by Crippen LogP contribution is -2.23. The SMILES string of the molecule is COc1ccc(NC(=S)N/N=C\c2ccc(Cl)cc2)cc1OC. The smallest absolute Gasteiger partial charge is 0.191 e. The highest BCUT2D eigenvalue weighted by Gasteiger charge is 2.05. The first kappa shape index (κ1) is 17.1. The largest absolute Gasteiger partial charge is 0.493 e. The second-order valence-electron chi connectivity index (χ2n) is 4.45. The monoisotopic (exact) mass is 349 g/mol. The van der Waals surface area contributed by atoms with Gasteiger partial charge in [-0.25, -0.2) is 0 Å². The van der Waals surface area contributed by atoms with Crippen LogP contribution in [-0.4, -0.2) is 25.5 Å². The van der Waals surface area contributed by atoms with Gasteiger partial charge in [-0.3, -0.25) is 5.43 Å². The number of thiocarbonyl (C=S) groups is 1. The van der Waals surface area contributed by atoms with Crippen LogP contribution < -0.4 is 20.2 Å². The Kier molecular flexibility index (Phi) is 6.19. The van der Waals surface area contributed by atoms with Gasteiger partial charge in [0.15, 0.2) is 16.6 Å². The third-order valence-electron chi connectivity index (χ3n) is 2.89. The minimum absolute atomic E-state index is 0.363. The van der Waals surface area contributed by atoms with Gasteiger partial charge in [-0.2, -0.15) is 5.10 Å². The van der Waals surface area contributed by atoms with Crippen LogP contribution in [0.25, 0.3) is 0 Å². The standard InChI is InChI=1S/C16H16ClN3O2S/c1-21-14-8-7-13(9-15(14)22-2)19-16(23)20-18-10-11-3-5-12(17)6-4-11/h3-10H,1-2H3,(H2,19,20,23)/b18-10-. The molecule has 2 aromatic rings. The molecule has 0 aromatic heterocycles. The van der Waals surface area contributed by atoms with E-state index in [4.69, 9.17) is 33.3 Å². The first-order valence-electron chi connectivity index (χ1n) is 6.70. The fraction of sp³-hybridized carbons (Fsp3) is 0.125. The summed E-state index contributed by atoms with van der Waals surface area (Å²) in [5.74, 6) is 1.27. The molecule has 23 heavy (non-hydrogen) atoms. The summed E-state index contributed by atoms with van der Waals surface area (Å²) in [6, 6.07) is 12.7. The number of hydrogen-bond acceptors (Lipinski definition) is 4. The van der Waals surface area contributed by atoms with E-state index in [1.54, 1.807) is 44.7 Å². The van der Waals surface area contributed by atoms with E-state index in [0.29, 0.717) is 21.6 Å². The summed E-state index contributed by atoms with van der Waals surface area (Å²) >= 11 is 11.0. The molecule has 0 aliphatic heterocycles. The number of benzene rings is 2. The van der Waals surface area contributed by atoms with Crippen molar-refractivity contribution in [3.05, 3.63) is 53.1 Å². The van der Waals surface area contributed by atoms with Crippen molar-refractivity contribution in [2.45, 2.75) is 0 Å². The Bertz CT molecular complexity index is 705. The fourth-order valence-corrected chi connectivity index (χ4v) is 2.08. The van der Waals surface area contributed by atoms with Crippen LogP contribution in [0, 0.1) is 0 Å². The molecule has 0 fully saturated rings. The molecular weight excluding hydrogens is 334 g/mol. The third kappa shape index (κ3) is 5.12. The van der Waals surface area contributed by atoms with Crippen molar-refractivity contribution in [3.8, 4) is 11.5 Å². The number of hydrazone groups is 1. The summed E-state index contributed by atoms with van der Waals surface area (Å²) in [7, 11) is 3.16. The van der Waals surface area contributed by atoms with E-state index in [1.807, 2.05) is 18.2 Å². The molecular formula is C16H16ClN3O2S. The molecule has 0 bridgehead atoms. The number of rotatable bonds is 5. The Morgan fingerprint density at radius 2 is 1.78 bits per heavy atom. The van der Waals surface area contributed by atoms with Crippen LogP contribution in [-0.2, 0) is 0 Å². The summed E-state index contributed by atoms with van der Waals surface area (Å²) in [5, 5.41) is 8.12. The molecule has 0 amide bonds. The predicted molar refractivity (Wildman–Crippen MR) is 97.9 cm³/mol. The molecule has 5 nitrogen and oxygen atoms in total. The average molecular weight is 350 g/mol. The molecule has 0 atom stereocenters. The van der Waals surface area contributed by atoms with Gasteiger partial charge in [-0.1, -0.05) is 23.7 Å². The second kappa shape index (κ2) is 8.36. The molecule has 2 aromatic carbocycles. The number of methoxy groups -OCH3 is 2. The molecule has 7 heteroatoms. The molecule has 0 saturated carbocycles. The van der Waals surface area contributed by atoms with Crippen LogP contribution in [0.5, 0.6) is 11.5 Å². The Morgan fingerprint density at radius 3 is 2.43 bits per heavy atom.